The number of aromatic nitrogens is 2. The fourth-order valence-corrected chi connectivity index (χ4v) is 2.37. The first-order valence-corrected chi connectivity index (χ1v) is 6.38. The summed E-state index contributed by atoms with van der Waals surface area (Å²) in [6.07, 6.45) is 0. The third-order valence-electron chi connectivity index (χ3n) is 3.44. The quantitative estimate of drug-likeness (QED) is 0.731. The molecule has 102 valence electrons. The monoisotopic (exact) mass is 268 g/mol. The molecule has 0 aliphatic heterocycles. The van der Waals surface area contributed by atoms with Gasteiger partial charge in [0.2, 0.25) is 0 Å². The van der Waals surface area contributed by atoms with Gasteiger partial charge in [0.1, 0.15) is 17.3 Å². The highest BCUT2D eigenvalue weighted by Gasteiger charge is 2.13. The lowest BCUT2D eigenvalue weighted by Gasteiger charge is -2.08. The van der Waals surface area contributed by atoms with Crippen molar-refractivity contribution in [3.63, 3.8) is 0 Å². The topological polar surface area (TPSA) is 36.3 Å². The van der Waals surface area contributed by atoms with Gasteiger partial charge < -0.3 is 14.0 Å². The van der Waals surface area contributed by atoms with Crippen molar-refractivity contribution in [3.8, 4) is 22.9 Å². The predicted molar refractivity (Wildman–Crippen MR) is 79.3 cm³/mol. The van der Waals surface area contributed by atoms with E-state index in [9.17, 15) is 0 Å². The molecule has 3 rings (SSSR count). The molecule has 0 atom stereocenters. The van der Waals surface area contributed by atoms with E-state index >= 15 is 0 Å². The Bertz CT molecular complexity index is 762. The molecule has 20 heavy (non-hydrogen) atoms. The standard InChI is InChI=1S/C16H16N2O2/c1-18-14-10-11(19-2)8-9-13(14)17-16(18)12-6-4-5-7-15(12)20-3/h4-10H,1-3H3. The average molecular weight is 268 g/mol. The van der Waals surface area contributed by atoms with Crippen molar-refractivity contribution in [2.24, 2.45) is 7.05 Å². The molecule has 0 saturated carbocycles. The van der Waals surface area contributed by atoms with Crippen LogP contribution in [0.3, 0.4) is 0 Å². The second-order valence-corrected chi connectivity index (χ2v) is 4.55. The van der Waals surface area contributed by atoms with Crippen LogP contribution in [0.25, 0.3) is 22.4 Å². The number of ether oxygens (including phenoxy) is 2. The summed E-state index contributed by atoms with van der Waals surface area (Å²) >= 11 is 0. The molecule has 3 aromatic rings. The Morgan fingerprint density at radius 2 is 1.80 bits per heavy atom. The van der Waals surface area contributed by atoms with Crippen molar-refractivity contribution in [3.05, 3.63) is 42.5 Å². The lowest BCUT2D eigenvalue weighted by atomic mass is 10.2. The zero-order valence-corrected chi connectivity index (χ0v) is 11.8. The summed E-state index contributed by atoms with van der Waals surface area (Å²) in [5.41, 5.74) is 2.95. The third-order valence-corrected chi connectivity index (χ3v) is 3.44. The molecule has 4 nitrogen and oxygen atoms in total. The first-order chi connectivity index (χ1) is 9.74. The van der Waals surface area contributed by atoms with E-state index in [0.717, 1.165) is 33.9 Å². The molecular formula is C16H16N2O2. The Kier molecular flexibility index (Phi) is 3.06. The minimum absolute atomic E-state index is 0.817. The van der Waals surface area contributed by atoms with Crippen LogP contribution >= 0.6 is 0 Å². The molecule has 0 aliphatic rings. The van der Waals surface area contributed by atoms with E-state index in [0.29, 0.717) is 0 Å². The van der Waals surface area contributed by atoms with Crippen LogP contribution in [0, 0.1) is 0 Å². The molecule has 0 fully saturated rings. The second kappa shape index (κ2) is 4.89. The molecule has 0 spiro atoms. The van der Waals surface area contributed by atoms with Crippen LogP contribution in [0.5, 0.6) is 11.5 Å². The number of methoxy groups -OCH3 is 2. The van der Waals surface area contributed by atoms with E-state index in [2.05, 4.69) is 4.57 Å². The number of aryl methyl sites for hydroxylation is 1. The molecule has 0 radical (unpaired) electrons. The fourth-order valence-electron chi connectivity index (χ4n) is 2.37. The van der Waals surface area contributed by atoms with Gasteiger partial charge in [-0.3, -0.25) is 0 Å². The van der Waals surface area contributed by atoms with Gasteiger partial charge in [-0.25, -0.2) is 4.98 Å². The largest absolute Gasteiger partial charge is 0.497 e. The van der Waals surface area contributed by atoms with Crippen molar-refractivity contribution < 1.29 is 9.47 Å². The number of hydrogen-bond acceptors (Lipinski definition) is 3. The van der Waals surface area contributed by atoms with Gasteiger partial charge in [-0.15, -0.1) is 0 Å². The lowest BCUT2D eigenvalue weighted by molar-refractivity contribution is 0.415. The third kappa shape index (κ3) is 1.90. The number of imidazole rings is 1. The molecule has 0 N–H and O–H groups in total. The van der Waals surface area contributed by atoms with E-state index < -0.39 is 0 Å². The predicted octanol–water partition coefficient (Wildman–Crippen LogP) is 3.26. The Hall–Kier alpha value is -2.49. The van der Waals surface area contributed by atoms with Crippen molar-refractivity contribution >= 4 is 11.0 Å². The molecule has 2 aromatic carbocycles. The van der Waals surface area contributed by atoms with Gasteiger partial charge in [-0.05, 0) is 24.3 Å². The van der Waals surface area contributed by atoms with Gasteiger partial charge in [0.25, 0.3) is 0 Å². The van der Waals surface area contributed by atoms with Crippen LogP contribution in [-0.2, 0) is 7.05 Å². The van der Waals surface area contributed by atoms with Crippen LogP contribution in [-0.4, -0.2) is 23.8 Å². The summed E-state index contributed by atoms with van der Waals surface area (Å²) in [6.45, 7) is 0. The molecule has 0 unspecified atom stereocenters. The van der Waals surface area contributed by atoms with E-state index in [4.69, 9.17) is 14.5 Å². The number of para-hydroxylation sites is 1. The van der Waals surface area contributed by atoms with Crippen molar-refractivity contribution in [1.29, 1.82) is 0 Å². The molecule has 1 heterocycles. The van der Waals surface area contributed by atoms with Gasteiger partial charge in [-0.1, -0.05) is 12.1 Å². The normalized spacial score (nSPS) is 10.8. The van der Waals surface area contributed by atoms with Gasteiger partial charge in [0.15, 0.2) is 0 Å². The molecule has 0 bridgehead atoms. The highest BCUT2D eigenvalue weighted by atomic mass is 16.5. The number of benzene rings is 2. The summed E-state index contributed by atoms with van der Waals surface area (Å²) in [5, 5.41) is 0. The Balaban J connectivity index is 2.24. The molecule has 1 aromatic heterocycles. The molecule has 4 heteroatoms. The van der Waals surface area contributed by atoms with E-state index in [-0.39, 0.29) is 0 Å². The highest BCUT2D eigenvalue weighted by Crippen LogP contribution is 2.31. The maximum Gasteiger partial charge on any atom is 0.144 e. The zero-order valence-electron chi connectivity index (χ0n) is 11.8. The molecule has 0 aliphatic carbocycles. The second-order valence-electron chi connectivity index (χ2n) is 4.55. The van der Waals surface area contributed by atoms with E-state index in [1.54, 1.807) is 14.2 Å². The number of nitrogens with zero attached hydrogens (tertiary/aromatic N) is 2. The van der Waals surface area contributed by atoms with Gasteiger partial charge in [0.05, 0.1) is 30.8 Å². The first-order valence-electron chi connectivity index (χ1n) is 6.38. The summed E-state index contributed by atoms with van der Waals surface area (Å²) in [6, 6.07) is 13.8. The van der Waals surface area contributed by atoms with Crippen molar-refractivity contribution in [2.45, 2.75) is 0 Å². The SMILES string of the molecule is COc1ccc2nc(-c3ccccc3OC)n(C)c2c1. The molecular weight excluding hydrogens is 252 g/mol. The Labute approximate surface area is 117 Å². The average Bonchev–Trinajstić information content (AvgIpc) is 2.83. The maximum atomic E-state index is 5.42. The Morgan fingerprint density at radius 1 is 1.00 bits per heavy atom. The smallest absolute Gasteiger partial charge is 0.144 e. The minimum Gasteiger partial charge on any atom is -0.497 e. The summed E-state index contributed by atoms with van der Waals surface area (Å²) in [5.74, 6) is 2.52. The maximum absolute atomic E-state index is 5.42. The molecule has 0 amide bonds. The van der Waals surface area contributed by atoms with Crippen molar-refractivity contribution in [2.75, 3.05) is 14.2 Å². The highest BCUT2D eigenvalue weighted by molar-refractivity contribution is 5.83. The van der Waals surface area contributed by atoms with Crippen LogP contribution in [0.2, 0.25) is 0 Å². The number of rotatable bonds is 3. The van der Waals surface area contributed by atoms with Gasteiger partial charge in [0, 0.05) is 13.1 Å². The zero-order chi connectivity index (χ0) is 14.1. The van der Waals surface area contributed by atoms with Crippen LogP contribution < -0.4 is 9.47 Å². The summed E-state index contributed by atoms with van der Waals surface area (Å²) < 4.78 is 12.7. The van der Waals surface area contributed by atoms with E-state index in [1.807, 2.05) is 49.5 Å². The van der Waals surface area contributed by atoms with Crippen LogP contribution in [0.15, 0.2) is 42.5 Å². The van der Waals surface area contributed by atoms with Gasteiger partial charge >= 0.3 is 0 Å². The minimum atomic E-state index is 0.817. The lowest BCUT2D eigenvalue weighted by Crippen LogP contribution is -1.95. The van der Waals surface area contributed by atoms with Crippen LogP contribution in [0.4, 0.5) is 0 Å². The fraction of sp³-hybridized carbons (Fsp3) is 0.188. The summed E-state index contributed by atoms with van der Waals surface area (Å²) in [4.78, 5) is 4.69. The number of fused-ring (bicyclic) bond motifs is 1. The van der Waals surface area contributed by atoms with E-state index in [1.165, 1.54) is 0 Å². The van der Waals surface area contributed by atoms with Gasteiger partial charge in [-0.2, -0.15) is 0 Å². The van der Waals surface area contributed by atoms with Crippen molar-refractivity contribution in [1.82, 2.24) is 9.55 Å². The van der Waals surface area contributed by atoms with Crippen LogP contribution in [0.1, 0.15) is 0 Å². The number of hydrogen-bond donors (Lipinski definition) is 0. The summed E-state index contributed by atoms with van der Waals surface area (Å²) in [7, 11) is 5.33. The Morgan fingerprint density at radius 3 is 2.55 bits per heavy atom. The first kappa shape index (κ1) is 12.5. The molecule has 0 saturated heterocycles.